The largest absolute Gasteiger partial charge is 0.440 e. The molecule has 18 heavy (non-hydrogen) atoms. The lowest BCUT2D eigenvalue weighted by atomic mass is 9.97. The van der Waals surface area contributed by atoms with Crippen LogP contribution in [0.1, 0.15) is 26.7 Å². The zero-order valence-corrected chi connectivity index (χ0v) is 11.7. The quantitative estimate of drug-likeness (QED) is 0.850. The smallest absolute Gasteiger partial charge is 0.315 e. The van der Waals surface area contributed by atoms with Gasteiger partial charge in [0.25, 0.3) is 0 Å². The van der Waals surface area contributed by atoms with Crippen LogP contribution in [0.15, 0.2) is 27.5 Å². The number of aromatic nitrogens is 1. The third-order valence-corrected chi connectivity index (χ3v) is 3.91. The van der Waals surface area contributed by atoms with Crippen LogP contribution in [0.3, 0.4) is 0 Å². The van der Waals surface area contributed by atoms with E-state index in [2.05, 4.69) is 8.72 Å². The van der Waals surface area contributed by atoms with E-state index in [1.54, 1.807) is 12.1 Å². The van der Waals surface area contributed by atoms with E-state index >= 15 is 0 Å². The highest BCUT2D eigenvalue weighted by molar-refractivity contribution is 7.87. The molecule has 5 nitrogen and oxygen atoms in total. The number of fused-ring (bicyclic) bond motifs is 1. The lowest BCUT2D eigenvalue weighted by molar-refractivity contribution is 0.411. The predicted octanol–water partition coefficient (Wildman–Crippen LogP) is 2.98. The first-order chi connectivity index (χ1) is 8.25. The van der Waals surface area contributed by atoms with E-state index < -0.39 is 10.1 Å². The number of nitrogens with zero attached hydrogens (tertiary/aromatic N) is 1. The lowest BCUT2D eigenvalue weighted by Gasteiger charge is -2.11. The van der Waals surface area contributed by atoms with Gasteiger partial charge in [0.15, 0.2) is 5.58 Å². The molecule has 0 spiro atoms. The van der Waals surface area contributed by atoms with Crippen molar-refractivity contribution >= 4 is 33.1 Å². The molecule has 0 aliphatic carbocycles. The summed E-state index contributed by atoms with van der Waals surface area (Å²) in [7, 11) is -4.01. The highest BCUT2D eigenvalue weighted by Crippen LogP contribution is 2.30. The Morgan fingerprint density at radius 3 is 2.56 bits per heavy atom. The Hall–Kier alpha value is -1.11. The number of oxazole rings is 1. The molecule has 0 unspecified atom stereocenters. The molecule has 0 fully saturated rings. The molecule has 0 atom stereocenters. The molecule has 2 rings (SSSR count). The summed E-state index contributed by atoms with van der Waals surface area (Å²) < 4.78 is 32.8. The maximum atomic E-state index is 11.6. The standard InChI is InChI=1S/C11H12ClNO4S/c1-11(2,3)10-13-9-7(16-10)5-4-6-8(9)18(14,15)17-12/h4-6H,1-3H3. The van der Waals surface area contributed by atoms with Crippen molar-refractivity contribution in [3.8, 4) is 0 Å². The molecule has 0 radical (unpaired) electrons. The molecule has 1 aromatic heterocycles. The number of rotatable bonds is 2. The molecule has 2 aromatic rings. The van der Waals surface area contributed by atoms with Gasteiger partial charge in [0.1, 0.15) is 10.4 Å². The van der Waals surface area contributed by atoms with E-state index in [1.807, 2.05) is 20.8 Å². The van der Waals surface area contributed by atoms with Crippen molar-refractivity contribution < 1.29 is 16.6 Å². The first-order valence-corrected chi connectivity index (χ1v) is 6.92. The van der Waals surface area contributed by atoms with Gasteiger partial charge in [-0.25, -0.2) is 4.98 Å². The lowest BCUT2D eigenvalue weighted by Crippen LogP contribution is -2.11. The normalized spacial score (nSPS) is 13.1. The van der Waals surface area contributed by atoms with Crippen molar-refractivity contribution in [2.24, 2.45) is 0 Å². The molecule has 0 aliphatic rings. The van der Waals surface area contributed by atoms with Gasteiger partial charge in [-0.15, -0.1) is 0 Å². The van der Waals surface area contributed by atoms with Gasteiger partial charge in [0, 0.05) is 5.41 Å². The van der Waals surface area contributed by atoms with Crippen LogP contribution < -0.4 is 0 Å². The molecule has 0 bridgehead atoms. The van der Waals surface area contributed by atoms with Crippen molar-refractivity contribution in [1.29, 1.82) is 0 Å². The summed E-state index contributed by atoms with van der Waals surface area (Å²) in [6.07, 6.45) is 0. The summed E-state index contributed by atoms with van der Waals surface area (Å²) >= 11 is 4.98. The zero-order valence-electron chi connectivity index (χ0n) is 10.1. The average molecular weight is 290 g/mol. The van der Waals surface area contributed by atoms with Gasteiger partial charge in [-0.2, -0.15) is 12.2 Å². The van der Waals surface area contributed by atoms with E-state index in [1.165, 1.54) is 6.07 Å². The molecule has 0 aliphatic heterocycles. The van der Waals surface area contributed by atoms with E-state index in [9.17, 15) is 8.42 Å². The van der Waals surface area contributed by atoms with E-state index in [0.29, 0.717) is 11.5 Å². The second kappa shape index (κ2) is 4.22. The molecular formula is C11H12ClNO4S. The molecule has 0 amide bonds. The van der Waals surface area contributed by atoms with E-state index in [-0.39, 0.29) is 15.8 Å². The maximum absolute atomic E-state index is 11.6. The molecule has 0 N–H and O–H groups in total. The Morgan fingerprint density at radius 2 is 2.00 bits per heavy atom. The molecule has 7 heteroatoms. The number of halogens is 1. The fourth-order valence-corrected chi connectivity index (χ4v) is 2.38. The van der Waals surface area contributed by atoms with Crippen LogP contribution >= 0.6 is 11.9 Å². The summed E-state index contributed by atoms with van der Waals surface area (Å²) in [4.78, 5) is 4.11. The van der Waals surface area contributed by atoms with Crippen molar-refractivity contribution in [3.05, 3.63) is 24.1 Å². The minimum absolute atomic E-state index is 0.103. The number of para-hydroxylation sites is 1. The Balaban J connectivity index is 2.75. The third kappa shape index (κ3) is 2.23. The average Bonchev–Trinajstić information content (AvgIpc) is 2.71. The summed E-state index contributed by atoms with van der Waals surface area (Å²) in [5, 5.41) is 0. The van der Waals surface area contributed by atoms with Crippen LogP contribution in [0.25, 0.3) is 11.1 Å². The number of hydrogen-bond donors (Lipinski definition) is 0. The minimum Gasteiger partial charge on any atom is -0.440 e. The van der Waals surface area contributed by atoms with Gasteiger partial charge < -0.3 is 4.42 Å². The Morgan fingerprint density at radius 1 is 1.33 bits per heavy atom. The van der Waals surface area contributed by atoms with Gasteiger partial charge in [-0.05, 0) is 12.1 Å². The van der Waals surface area contributed by atoms with Gasteiger partial charge in [-0.3, -0.25) is 0 Å². The van der Waals surface area contributed by atoms with Crippen LogP contribution in [0.2, 0.25) is 0 Å². The maximum Gasteiger partial charge on any atom is 0.315 e. The monoisotopic (exact) mass is 289 g/mol. The second-order valence-electron chi connectivity index (χ2n) is 4.89. The summed E-state index contributed by atoms with van der Waals surface area (Å²) in [6.45, 7) is 5.76. The van der Waals surface area contributed by atoms with Crippen LogP contribution in [-0.2, 0) is 19.3 Å². The topological polar surface area (TPSA) is 69.4 Å². The van der Waals surface area contributed by atoms with E-state index in [4.69, 9.17) is 16.3 Å². The predicted molar refractivity (Wildman–Crippen MR) is 66.8 cm³/mol. The van der Waals surface area contributed by atoms with Gasteiger partial charge in [0.05, 0.1) is 11.9 Å². The molecule has 0 saturated heterocycles. The fraction of sp³-hybridized carbons (Fsp3) is 0.364. The van der Waals surface area contributed by atoms with Crippen molar-refractivity contribution in [2.75, 3.05) is 0 Å². The van der Waals surface area contributed by atoms with Crippen LogP contribution in [0, 0.1) is 0 Å². The van der Waals surface area contributed by atoms with Crippen LogP contribution in [-0.4, -0.2) is 13.4 Å². The number of hydrogen-bond acceptors (Lipinski definition) is 5. The Bertz CT molecular complexity index is 685. The second-order valence-corrected chi connectivity index (χ2v) is 6.74. The molecule has 98 valence electrons. The minimum atomic E-state index is -4.01. The Kier molecular flexibility index (Phi) is 3.12. The highest BCUT2D eigenvalue weighted by atomic mass is 35.5. The first kappa shape index (κ1) is 13.3. The summed E-state index contributed by atoms with van der Waals surface area (Å²) in [5.41, 5.74) is 0.291. The molecule has 0 saturated carbocycles. The summed E-state index contributed by atoms with van der Waals surface area (Å²) in [6, 6.07) is 4.56. The molecular weight excluding hydrogens is 278 g/mol. The third-order valence-electron chi connectivity index (χ3n) is 2.38. The van der Waals surface area contributed by atoms with Gasteiger partial charge >= 0.3 is 10.1 Å². The fourth-order valence-electron chi connectivity index (χ4n) is 1.48. The Labute approximate surface area is 110 Å². The van der Waals surface area contributed by atoms with Gasteiger partial charge in [-0.1, -0.05) is 26.8 Å². The van der Waals surface area contributed by atoms with Crippen molar-refractivity contribution in [1.82, 2.24) is 4.98 Å². The molecule has 1 aromatic carbocycles. The van der Waals surface area contributed by atoms with Crippen molar-refractivity contribution in [3.63, 3.8) is 0 Å². The van der Waals surface area contributed by atoms with Crippen molar-refractivity contribution in [2.45, 2.75) is 31.1 Å². The van der Waals surface area contributed by atoms with Crippen LogP contribution in [0.5, 0.6) is 0 Å². The number of benzene rings is 1. The SMILES string of the molecule is CC(C)(C)c1nc2c(S(=O)(=O)OCl)cccc2o1. The first-order valence-electron chi connectivity index (χ1n) is 5.21. The van der Waals surface area contributed by atoms with Gasteiger partial charge in [0.2, 0.25) is 5.89 Å². The van der Waals surface area contributed by atoms with Crippen LogP contribution in [0.4, 0.5) is 0 Å². The van der Waals surface area contributed by atoms with E-state index in [0.717, 1.165) is 0 Å². The highest BCUT2D eigenvalue weighted by Gasteiger charge is 2.25. The summed E-state index contributed by atoms with van der Waals surface area (Å²) in [5.74, 6) is 0.453. The molecule has 1 heterocycles. The zero-order chi connectivity index (χ0) is 13.6.